The Morgan fingerprint density at radius 3 is 2.75 bits per heavy atom. The second kappa shape index (κ2) is 7.07. The van der Waals surface area contributed by atoms with Crippen molar-refractivity contribution in [1.82, 2.24) is 10.3 Å². The molecule has 1 rings (SSSR count). The number of primary amides is 1. The first-order valence-electron chi connectivity index (χ1n) is 5.75. The van der Waals surface area contributed by atoms with E-state index in [1.54, 1.807) is 0 Å². The van der Waals surface area contributed by atoms with E-state index >= 15 is 0 Å². The van der Waals surface area contributed by atoms with Crippen molar-refractivity contribution in [1.29, 1.82) is 0 Å². The lowest BCUT2D eigenvalue weighted by Crippen LogP contribution is -2.41. The molecule has 0 saturated heterocycles. The molecule has 0 spiro atoms. The fourth-order valence-electron chi connectivity index (χ4n) is 1.51. The Balaban J connectivity index is 2.80. The summed E-state index contributed by atoms with van der Waals surface area (Å²) < 4.78 is 4.96. The minimum Gasteiger partial charge on any atom is -0.494 e. The molecule has 0 radical (unpaired) electrons. The minimum atomic E-state index is -1.24. The average Bonchev–Trinajstić information content (AvgIpc) is 2.42. The number of rotatable bonds is 7. The summed E-state index contributed by atoms with van der Waals surface area (Å²) >= 11 is 0. The fourth-order valence-corrected chi connectivity index (χ4v) is 1.51. The van der Waals surface area contributed by atoms with Crippen LogP contribution in [0.5, 0.6) is 5.75 Å². The number of carbonyl (C=O) groups is 3. The predicted molar refractivity (Wildman–Crippen MR) is 68.1 cm³/mol. The molecule has 108 valence electrons. The van der Waals surface area contributed by atoms with Gasteiger partial charge in [-0.15, -0.1) is 0 Å². The van der Waals surface area contributed by atoms with E-state index in [0.717, 1.165) is 0 Å². The molecule has 0 unspecified atom stereocenters. The number of methoxy groups -OCH3 is 1. The highest BCUT2D eigenvalue weighted by atomic mass is 16.5. The molecule has 0 aromatic carbocycles. The molecule has 0 fully saturated rings. The molecule has 0 aliphatic heterocycles. The summed E-state index contributed by atoms with van der Waals surface area (Å²) in [5, 5.41) is 11.3. The van der Waals surface area contributed by atoms with Gasteiger partial charge in [0.15, 0.2) is 0 Å². The minimum absolute atomic E-state index is 0.0796. The highest BCUT2D eigenvalue weighted by Crippen LogP contribution is 2.15. The highest BCUT2D eigenvalue weighted by molar-refractivity contribution is 5.98. The number of amides is 2. The van der Waals surface area contributed by atoms with Crippen molar-refractivity contribution in [3.05, 3.63) is 24.0 Å². The Hall–Kier alpha value is -2.64. The van der Waals surface area contributed by atoms with Gasteiger partial charge in [0, 0.05) is 12.6 Å². The smallest absolute Gasteiger partial charge is 0.326 e. The number of nitrogens with one attached hydrogen (secondary N) is 1. The number of ether oxygens (including phenoxy) is 1. The summed E-state index contributed by atoms with van der Waals surface area (Å²) in [5.74, 6) is -2.27. The van der Waals surface area contributed by atoms with E-state index in [2.05, 4.69) is 10.3 Å². The van der Waals surface area contributed by atoms with E-state index in [-0.39, 0.29) is 24.2 Å². The molecular weight excluding hydrogens is 266 g/mol. The van der Waals surface area contributed by atoms with Gasteiger partial charge in [-0.05, 0) is 12.5 Å². The number of nitrogens with two attached hydrogens (primary N) is 1. The largest absolute Gasteiger partial charge is 0.494 e. The average molecular weight is 281 g/mol. The van der Waals surface area contributed by atoms with Crippen LogP contribution in [0.2, 0.25) is 0 Å². The number of carboxylic acids is 1. The van der Waals surface area contributed by atoms with Crippen LogP contribution in [0.1, 0.15) is 23.2 Å². The van der Waals surface area contributed by atoms with Gasteiger partial charge in [-0.1, -0.05) is 0 Å². The quantitative estimate of drug-likeness (QED) is 0.619. The highest BCUT2D eigenvalue weighted by Gasteiger charge is 2.22. The Morgan fingerprint density at radius 2 is 2.20 bits per heavy atom. The first-order chi connectivity index (χ1) is 9.45. The third-order valence-corrected chi connectivity index (χ3v) is 2.53. The maximum Gasteiger partial charge on any atom is 0.326 e. The van der Waals surface area contributed by atoms with Crippen LogP contribution in [0.15, 0.2) is 18.5 Å². The lowest BCUT2D eigenvalue weighted by molar-refractivity contribution is -0.139. The normalized spacial score (nSPS) is 11.4. The third kappa shape index (κ3) is 4.23. The Kier molecular flexibility index (Phi) is 5.45. The standard InChI is InChI=1S/C12H15N3O5/c1-20-9-6-14-5-4-7(9)11(17)15-8(12(18)19)2-3-10(13)16/h4-6,8H,2-3H2,1H3,(H2,13,16)(H,15,17)(H,18,19)/t8-/m0/s1. The van der Waals surface area contributed by atoms with Crippen molar-refractivity contribution in [3.63, 3.8) is 0 Å². The summed E-state index contributed by atoms with van der Waals surface area (Å²) in [5.41, 5.74) is 5.12. The summed E-state index contributed by atoms with van der Waals surface area (Å²) in [6, 6.07) is 0.203. The van der Waals surface area contributed by atoms with Gasteiger partial charge in [0.1, 0.15) is 11.8 Å². The second-order valence-electron chi connectivity index (χ2n) is 3.95. The molecule has 0 aliphatic carbocycles. The monoisotopic (exact) mass is 281 g/mol. The Bertz CT molecular complexity index is 518. The van der Waals surface area contributed by atoms with Crippen LogP contribution in [0.4, 0.5) is 0 Å². The van der Waals surface area contributed by atoms with Gasteiger partial charge in [0.2, 0.25) is 5.91 Å². The van der Waals surface area contributed by atoms with Gasteiger partial charge in [-0.2, -0.15) is 0 Å². The molecule has 8 heteroatoms. The summed E-state index contributed by atoms with van der Waals surface area (Å²) in [6.07, 6.45) is 2.51. The van der Waals surface area contributed by atoms with Crippen LogP contribution < -0.4 is 15.8 Å². The first kappa shape index (κ1) is 15.4. The predicted octanol–water partition coefficient (Wildman–Crippen LogP) is -0.461. The van der Waals surface area contributed by atoms with Crippen molar-refractivity contribution >= 4 is 17.8 Å². The van der Waals surface area contributed by atoms with Crippen LogP contribution in [0.25, 0.3) is 0 Å². The Morgan fingerprint density at radius 1 is 1.50 bits per heavy atom. The number of aliphatic carboxylic acids is 1. The maximum absolute atomic E-state index is 12.0. The number of hydrogen-bond acceptors (Lipinski definition) is 5. The number of hydrogen-bond donors (Lipinski definition) is 3. The third-order valence-electron chi connectivity index (χ3n) is 2.53. The number of aromatic nitrogens is 1. The molecule has 0 saturated carbocycles. The Labute approximate surface area is 114 Å². The van der Waals surface area contributed by atoms with E-state index in [4.69, 9.17) is 15.6 Å². The molecule has 20 heavy (non-hydrogen) atoms. The molecular formula is C12H15N3O5. The lowest BCUT2D eigenvalue weighted by Gasteiger charge is -2.14. The van der Waals surface area contributed by atoms with E-state index in [9.17, 15) is 14.4 Å². The van der Waals surface area contributed by atoms with Crippen molar-refractivity contribution in [3.8, 4) is 5.75 Å². The summed E-state index contributed by atoms with van der Waals surface area (Å²) in [6.45, 7) is 0. The molecule has 2 amide bonds. The van der Waals surface area contributed by atoms with Crippen molar-refractivity contribution < 1.29 is 24.2 Å². The SMILES string of the molecule is COc1cnccc1C(=O)N[C@@H](CCC(N)=O)C(=O)O. The zero-order chi connectivity index (χ0) is 15.1. The molecule has 1 aromatic rings. The van der Waals surface area contributed by atoms with Crippen LogP contribution in [-0.2, 0) is 9.59 Å². The van der Waals surface area contributed by atoms with Crippen LogP contribution in [-0.4, -0.2) is 41.0 Å². The zero-order valence-corrected chi connectivity index (χ0v) is 10.8. The van der Waals surface area contributed by atoms with Crippen molar-refractivity contribution in [2.24, 2.45) is 5.73 Å². The van der Waals surface area contributed by atoms with Crippen molar-refractivity contribution in [2.75, 3.05) is 7.11 Å². The van der Waals surface area contributed by atoms with Crippen molar-refractivity contribution in [2.45, 2.75) is 18.9 Å². The molecule has 8 nitrogen and oxygen atoms in total. The van der Waals surface area contributed by atoms with E-state index < -0.39 is 23.8 Å². The second-order valence-corrected chi connectivity index (χ2v) is 3.95. The van der Waals surface area contributed by atoms with Crippen LogP contribution >= 0.6 is 0 Å². The molecule has 1 aromatic heterocycles. The van der Waals surface area contributed by atoms with E-state index in [0.29, 0.717) is 0 Å². The van der Waals surface area contributed by atoms with Gasteiger partial charge in [-0.25, -0.2) is 4.79 Å². The van der Waals surface area contributed by atoms with Crippen LogP contribution in [0, 0.1) is 0 Å². The maximum atomic E-state index is 12.0. The van der Waals surface area contributed by atoms with Gasteiger partial charge in [0.05, 0.1) is 18.9 Å². The van der Waals surface area contributed by atoms with Gasteiger partial charge < -0.3 is 20.9 Å². The molecule has 4 N–H and O–H groups in total. The van der Waals surface area contributed by atoms with E-state index in [1.165, 1.54) is 25.6 Å². The van der Waals surface area contributed by atoms with Gasteiger partial charge >= 0.3 is 5.97 Å². The number of carboxylic acid groups (broad SMARTS) is 1. The van der Waals surface area contributed by atoms with Gasteiger partial charge in [-0.3, -0.25) is 14.6 Å². The molecule has 0 aliphatic rings. The summed E-state index contributed by atoms with van der Waals surface area (Å²) in [4.78, 5) is 37.5. The van der Waals surface area contributed by atoms with Crippen LogP contribution in [0.3, 0.4) is 0 Å². The van der Waals surface area contributed by atoms with E-state index in [1.807, 2.05) is 0 Å². The number of nitrogens with zero attached hydrogens (tertiary/aromatic N) is 1. The first-order valence-corrected chi connectivity index (χ1v) is 5.75. The fraction of sp³-hybridized carbons (Fsp3) is 0.333. The van der Waals surface area contributed by atoms with Gasteiger partial charge in [0.25, 0.3) is 5.91 Å². The molecule has 0 bridgehead atoms. The number of pyridine rings is 1. The number of carbonyl (C=O) groups excluding carboxylic acids is 2. The summed E-state index contributed by atoms with van der Waals surface area (Å²) in [7, 11) is 1.37. The molecule has 1 heterocycles. The molecule has 1 atom stereocenters. The zero-order valence-electron chi connectivity index (χ0n) is 10.8. The lowest BCUT2D eigenvalue weighted by atomic mass is 10.1. The topological polar surface area (TPSA) is 132 Å².